The normalized spacial score (nSPS) is 16.7. The summed E-state index contributed by atoms with van der Waals surface area (Å²) in [5.74, 6) is -0.285. The number of fused-ring (bicyclic) bond motifs is 1. The van der Waals surface area contributed by atoms with Gasteiger partial charge in [0, 0.05) is 5.56 Å². The second-order valence-corrected chi connectivity index (χ2v) is 10.4. The number of rotatable bonds is 6. The molecule has 0 spiro atoms. The number of hydrogen-bond acceptors (Lipinski definition) is 8. The van der Waals surface area contributed by atoms with Crippen molar-refractivity contribution in [3.8, 4) is 17.2 Å². The first kappa shape index (κ1) is 26.2. The van der Waals surface area contributed by atoms with Crippen LogP contribution in [-0.4, -0.2) is 43.1 Å². The molecule has 1 unspecified atom stereocenters. The smallest absolute Gasteiger partial charge is 0.301 e. The van der Waals surface area contributed by atoms with E-state index in [1.54, 1.807) is 43.5 Å². The molecular weight excluding hydrogens is 516 g/mol. The van der Waals surface area contributed by atoms with Gasteiger partial charge in [-0.25, -0.2) is 4.98 Å². The van der Waals surface area contributed by atoms with Gasteiger partial charge < -0.3 is 19.3 Å². The van der Waals surface area contributed by atoms with E-state index in [9.17, 15) is 14.7 Å². The van der Waals surface area contributed by atoms with E-state index in [-0.39, 0.29) is 11.3 Å². The highest BCUT2D eigenvalue weighted by atomic mass is 32.1. The highest BCUT2D eigenvalue weighted by molar-refractivity contribution is 7.22. The Morgan fingerprint density at radius 3 is 2.23 bits per heavy atom. The number of aliphatic hydroxyl groups is 1. The number of ketones is 1. The average Bonchev–Trinajstić information content (AvgIpc) is 3.46. The number of aryl methyl sites for hydroxylation is 3. The molecule has 5 rings (SSSR count). The van der Waals surface area contributed by atoms with Crippen molar-refractivity contribution in [3.63, 3.8) is 0 Å². The molecule has 1 atom stereocenters. The molecule has 9 heteroatoms. The van der Waals surface area contributed by atoms with Gasteiger partial charge >= 0.3 is 5.91 Å². The van der Waals surface area contributed by atoms with Crippen molar-refractivity contribution in [2.45, 2.75) is 26.8 Å². The Kier molecular flexibility index (Phi) is 6.78. The standard InChI is InChI=1S/C30H28N2O6S/c1-15-11-17(3)25-23(12-15)39-30(31-25)32-26(18-7-10-21(37-5)22(14-18)38-6)24(28(34)29(32)35)27(33)19-8-9-20(36-4)16(2)13-19/h7-14,26,33H,1-6H3/b27-24+. The molecule has 3 aromatic carbocycles. The van der Waals surface area contributed by atoms with Crippen LogP contribution in [0.1, 0.15) is 33.9 Å². The molecule has 0 bridgehead atoms. The summed E-state index contributed by atoms with van der Waals surface area (Å²) < 4.78 is 17.2. The van der Waals surface area contributed by atoms with Crippen LogP contribution in [0, 0.1) is 20.8 Å². The van der Waals surface area contributed by atoms with E-state index < -0.39 is 17.7 Å². The predicted octanol–water partition coefficient (Wildman–Crippen LogP) is 5.87. The zero-order chi connectivity index (χ0) is 28.0. The van der Waals surface area contributed by atoms with Crippen LogP contribution in [0.3, 0.4) is 0 Å². The molecule has 1 fully saturated rings. The summed E-state index contributed by atoms with van der Waals surface area (Å²) in [6.45, 7) is 5.80. The Morgan fingerprint density at radius 2 is 1.56 bits per heavy atom. The van der Waals surface area contributed by atoms with Gasteiger partial charge in [0.2, 0.25) is 0 Å². The van der Waals surface area contributed by atoms with E-state index >= 15 is 0 Å². The molecule has 1 N–H and O–H groups in total. The van der Waals surface area contributed by atoms with Gasteiger partial charge in [-0.15, -0.1) is 0 Å². The number of nitrogens with zero attached hydrogens (tertiary/aromatic N) is 2. The monoisotopic (exact) mass is 544 g/mol. The van der Waals surface area contributed by atoms with Crippen molar-refractivity contribution in [2.24, 2.45) is 0 Å². The van der Waals surface area contributed by atoms with Crippen LogP contribution in [0.25, 0.3) is 16.0 Å². The second kappa shape index (κ2) is 10.1. The maximum absolute atomic E-state index is 13.6. The van der Waals surface area contributed by atoms with Crippen LogP contribution in [0.2, 0.25) is 0 Å². The number of carbonyl (C=O) groups is 2. The minimum Gasteiger partial charge on any atom is -0.507 e. The highest BCUT2D eigenvalue weighted by Crippen LogP contribution is 2.46. The Hall–Kier alpha value is -4.37. The molecule has 0 radical (unpaired) electrons. The van der Waals surface area contributed by atoms with Crippen molar-refractivity contribution >= 4 is 44.1 Å². The van der Waals surface area contributed by atoms with Gasteiger partial charge in [-0.3, -0.25) is 14.5 Å². The molecular formula is C30H28N2O6S. The second-order valence-electron chi connectivity index (χ2n) is 9.39. The quantitative estimate of drug-likeness (QED) is 0.184. The summed E-state index contributed by atoms with van der Waals surface area (Å²) in [5.41, 5.74) is 4.50. The van der Waals surface area contributed by atoms with Crippen LogP contribution in [-0.2, 0) is 9.59 Å². The Labute approximate surface area is 230 Å². The van der Waals surface area contributed by atoms with E-state index in [1.165, 1.54) is 30.5 Å². The lowest BCUT2D eigenvalue weighted by Crippen LogP contribution is -2.29. The topological polar surface area (TPSA) is 98.2 Å². The Bertz CT molecular complexity index is 1670. The lowest BCUT2D eigenvalue weighted by molar-refractivity contribution is -0.132. The SMILES string of the molecule is COc1ccc(/C(O)=C2\C(=O)C(=O)N(c3nc4c(C)cc(C)cc4s3)C2c2ccc(OC)c(OC)c2)cc1C. The number of amides is 1. The molecule has 1 aliphatic heterocycles. The molecule has 1 amide bonds. The minimum absolute atomic E-state index is 0.0380. The summed E-state index contributed by atoms with van der Waals surface area (Å²) in [4.78, 5) is 33.4. The largest absolute Gasteiger partial charge is 0.507 e. The maximum Gasteiger partial charge on any atom is 0.301 e. The summed E-state index contributed by atoms with van der Waals surface area (Å²) in [6.07, 6.45) is 0. The van der Waals surface area contributed by atoms with Crippen molar-refractivity contribution in [1.29, 1.82) is 0 Å². The van der Waals surface area contributed by atoms with Crippen molar-refractivity contribution < 1.29 is 28.9 Å². The van der Waals surface area contributed by atoms with Crippen molar-refractivity contribution in [1.82, 2.24) is 4.98 Å². The van der Waals surface area contributed by atoms with Crippen LogP contribution < -0.4 is 19.1 Å². The molecule has 1 aliphatic rings. The lowest BCUT2D eigenvalue weighted by atomic mass is 9.94. The summed E-state index contributed by atoms with van der Waals surface area (Å²) in [6, 6.07) is 13.3. The predicted molar refractivity (Wildman–Crippen MR) is 151 cm³/mol. The number of Topliss-reactive ketones (excluding diaryl/α,β-unsaturated/α-hetero) is 1. The first-order chi connectivity index (χ1) is 18.7. The summed E-state index contributed by atoms with van der Waals surface area (Å²) >= 11 is 1.33. The van der Waals surface area contributed by atoms with Crippen LogP contribution >= 0.6 is 11.3 Å². The van der Waals surface area contributed by atoms with Gasteiger partial charge in [0.15, 0.2) is 16.6 Å². The molecule has 2 heterocycles. The van der Waals surface area contributed by atoms with E-state index in [0.717, 1.165) is 26.9 Å². The number of methoxy groups -OCH3 is 3. The number of thiazole rings is 1. The Morgan fingerprint density at radius 1 is 0.872 bits per heavy atom. The molecule has 4 aromatic rings. The van der Waals surface area contributed by atoms with E-state index in [4.69, 9.17) is 19.2 Å². The molecule has 0 saturated carbocycles. The first-order valence-corrected chi connectivity index (χ1v) is 13.1. The van der Waals surface area contributed by atoms with Gasteiger partial charge in [0.05, 0.1) is 43.2 Å². The number of carbonyl (C=O) groups excluding carboxylic acids is 2. The lowest BCUT2D eigenvalue weighted by Gasteiger charge is -2.24. The number of ether oxygens (including phenoxy) is 3. The third-order valence-electron chi connectivity index (χ3n) is 6.86. The summed E-state index contributed by atoms with van der Waals surface area (Å²) in [5, 5.41) is 11.9. The zero-order valence-electron chi connectivity index (χ0n) is 22.5. The van der Waals surface area contributed by atoms with Gasteiger partial charge in [0.1, 0.15) is 11.5 Å². The third kappa shape index (κ3) is 4.38. The Balaban J connectivity index is 1.76. The zero-order valence-corrected chi connectivity index (χ0v) is 23.3. The fraction of sp³-hybridized carbons (Fsp3) is 0.233. The van der Waals surface area contributed by atoms with Crippen molar-refractivity contribution in [3.05, 3.63) is 81.9 Å². The molecule has 39 heavy (non-hydrogen) atoms. The van der Waals surface area contributed by atoms with Crippen molar-refractivity contribution in [2.75, 3.05) is 26.2 Å². The number of aliphatic hydroxyl groups excluding tert-OH is 1. The molecule has 1 saturated heterocycles. The van der Waals surface area contributed by atoms with E-state index in [2.05, 4.69) is 0 Å². The van der Waals surface area contributed by atoms with Gasteiger partial charge in [0.25, 0.3) is 5.78 Å². The molecule has 8 nitrogen and oxygen atoms in total. The van der Waals surface area contributed by atoms with Crippen LogP contribution in [0.4, 0.5) is 5.13 Å². The summed E-state index contributed by atoms with van der Waals surface area (Å²) in [7, 11) is 4.60. The molecule has 200 valence electrons. The van der Waals surface area contributed by atoms with E-state index in [0.29, 0.717) is 33.5 Å². The minimum atomic E-state index is -0.950. The fourth-order valence-electron chi connectivity index (χ4n) is 5.01. The van der Waals surface area contributed by atoms with Crippen LogP contribution in [0.5, 0.6) is 17.2 Å². The van der Waals surface area contributed by atoms with Gasteiger partial charge in [-0.2, -0.15) is 0 Å². The average molecular weight is 545 g/mol. The number of anilines is 1. The maximum atomic E-state index is 13.6. The third-order valence-corrected chi connectivity index (χ3v) is 7.86. The first-order valence-electron chi connectivity index (χ1n) is 12.2. The fourth-order valence-corrected chi connectivity index (χ4v) is 6.18. The van der Waals surface area contributed by atoms with E-state index in [1.807, 2.05) is 32.9 Å². The van der Waals surface area contributed by atoms with Crippen LogP contribution in [0.15, 0.2) is 54.1 Å². The molecule has 0 aliphatic carbocycles. The number of aromatic nitrogens is 1. The number of benzene rings is 3. The van der Waals surface area contributed by atoms with Gasteiger partial charge in [-0.05, 0) is 79.4 Å². The highest BCUT2D eigenvalue weighted by Gasteiger charge is 2.48. The molecule has 1 aromatic heterocycles. The van der Waals surface area contributed by atoms with Gasteiger partial charge in [-0.1, -0.05) is 23.5 Å². The number of hydrogen-bond donors (Lipinski definition) is 1.